The molecule has 0 amide bonds. The van der Waals surface area contributed by atoms with Gasteiger partial charge in [0.1, 0.15) is 0 Å². The minimum absolute atomic E-state index is 0.427. The number of hydrogen-bond acceptors (Lipinski definition) is 5. The van der Waals surface area contributed by atoms with Crippen LogP contribution in [-0.2, 0) is 5.54 Å². The van der Waals surface area contributed by atoms with Crippen LogP contribution in [0, 0.1) is 11.3 Å². The fraction of sp³-hybridized carbons (Fsp3) is 0.357. The van der Waals surface area contributed by atoms with Crippen molar-refractivity contribution in [2.45, 2.75) is 32.2 Å². The van der Waals surface area contributed by atoms with Crippen molar-refractivity contribution >= 4 is 0 Å². The molecule has 19 heavy (non-hydrogen) atoms. The molecule has 1 heterocycles. The minimum atomic E-state index is -0.547. The molecule has 2 aromatic rings. The van der Waals surface area contributed by atoms with Gasteiger partial charge in [-0.25, -0.2) is 0 Å². The summed E-state index contributed by atoms with van der Waals surface area (Å²) in [7, 11) is 0. The fourth-order valence-corrected chi connectivity index (χ4v) is 1.80. The summed E-state index contributed by atoms with van der Waals surface area (Å²) < 4.78 is 5.25. The van der Waals surface area contributed by atoms with Crippen molar-refractivity contribution in [3.63, 3.8) is 0 Å². The number of nitrogens with two attached hydrogens (primary N) is 1. The Kier molecular flexibility index (Phi) is 3.63. The number of rotatable bonds is 4. The average Bonchev–Trinajstić information content (AvgIpc) is 2.97. The summed E-state index contributed by atoms with van der Waals surface area (Å²) in [6.45, 7) is 4.00. The Morgan fingerprint density at radius 2 is 1.89 bits per heavy atom. The molecule has 0 radical (unpaired) electrons. The van der Waals surface area contributed by atoms with Gasteiger partial charge >= 0.3 is 0 Å². The first-order chi connectivity index (χ1) is 9.12. The lowest BCUT2D eigenvalue weighted by atomic mass is 9.93. The maximum absolute atomic E-state index is 8.76. The molecule has 5 heteroatoms. The Hall–Kier alpha value is -2.19. The Morgan fingerprint density at radius 3 is 2.42 bits per heavy atom. The van der Waals surface area contributed by atoms with Crippen LogP contribution >= 0.6 is 0 Å². The van der Waals surface area contributed by atoms with Crippen LogP contribution in [0.4, 0.5) is 0 Å². The van der Waals surface area contributed by atoms with E-state index < -0.39 is 5.54 Å². The lowest BCUT2D eigenvalue weighted by molar-refractivity contribution is 0.350. The Bertz CT molecular complexity index is 591. The molecule has 1 aromatic carbocycles. The first kappa shape index (κ1) is 13.2. The largest absolute Gasteiger partial charge is 0.334 e. The third kappa shape index (κ3) is 2.49. The van der Waals surface area contributed by atoms with Gasteiger partial charge in [0.2, 0.25) is 0 Å². The van der Waals surface area contributed by atoms with Crippen LogP contribution in [0.15, 0.2) is 28.8 Å². The van der Waals surface area contributed by atoms with Gasteiger partial charge in [-0.05, 0) is 37.1 Å². The van der Waals surface area contributed by atoms with E-state index in [4.69, 9.17) is 15.5 Å². The molecule has 0 saturated carbocycles. The van der Waals surface area contributed by atoms with E-state index in [2.05, 4.69) is 16.2 Å². The van der Waals surface area contributed by atoms with Crippen LogP contribution in [0.5, 0.6) is 0 Å². The normalized spacial score (nSPS) is 11.3. The Morgan fingerprint density at radius 1 is 1.26 bits per heavy atom. The highest BCUT2D eigenvalue weighted by Crippen LogP contribution is 2.26. The van der Waals surface area contributed by atoms with Crippen molar-refractivity contribution in [3.05, 3.63) is 35.7 Å². The SMILES string of the molecule is CCC(N)(CC)c1noc(-c2ccc(C#N)cc2)n1. The lowest BCUT2D eigenvalue weighted by Gasteiger charge is -2.21. The van der Waals surface area contributed by atoms with Crippen LogP contribution < -0.4 is 5.73 Å². The van der Waals surface area contributed by atoms with Gasteiger partial charge in [-0.2, -0.15) is 10.2 Å². The first-order valence-corrected chi connectivity index (χ1v) is 6.26. The van der Waals surface area contributed by atoms with Gasteiger partial charge in [-0.3, -0.25) is 0 Å². The van der Waals surface area contributed by atoms with Gasteiger partial charge < -0.3 is 10.3 Å². The van der Waals surface area contributed by atoms with Crippen molar-refractivity contribution in [3.8, 4) is 17.5 Å². The predicted octanol–water partition coefficient (Wildman–Crippen LogP) is 2.58. The second-order valence-corrected chi connectivity index (χ2v) is 4.48. The lowest BCUT2D eigenvalue weighted by Crippen LogP contribution is -2.36. The summed E-state index contributed by atoms with van der Waals surface area (Å²) in [6.07, 6.45) is 1.49. The number of aromatic nitrogens is 2. The molecule has 1 aromatic heterocycles. The Balaban J connectivity index is 2.33. The van der Waals surface area contributed by atoms with Crippen LogP contribution in [0.3, 0.4) is 0 Å². The highest BCUT2D eigenvalue weighted by Gasteiger charge is 2.29. The van der Waals surface area contributed by atoms with Crippen LogP contribution in [0.2, 0.25) is 0 Å². The molecule has 0 spiro atoms. The van der Waals surface area contributed by atoms with E-state index in [-0.39, 0.29) is 0 Å². The first-order valence-electron chi connectivity index (χ1n) is 6.26. The zero-order valence-electron chi connectivity index (χ0n) is 11.1. The molecular weight excluding hydrogens is 240 g/mol. The molecule has 0 fully saturated rings. The summed E-state index contributed by atoms with van der Waals surface area (Å²) in [4.78, 5) is 4.36. The van der Waals surface area contributed by atoms with Crippen molar-refractivity contribution in [1.82, 2.24) is 10.1 Å². The smallest absolute Gasteiger partial charge is 0.257 e. The number of nitriles is 1. The molecule has 0 saturated heterocycles. The van der Waals surface area contributed by atoms with Crippen molar-refractivity contribution in [2.24, 2.45) is 5.73 Å². The summed E-state index contributed by atoms with van der Waals surface area (Å²) >= 11 is 0. The van der Waals surface area contributed by atoms with Crippen molar-refractivity contribution in [1.29, 1.82) is 5.26 Å². The van der Waals surface area contributed by atoms with E-state index in [1.165, 1.54) is 0 Å². The van der Waals surface area contributed by atoms with Crippen molar-refractivity contribution in [2.75, 3.05) is 0 Å². The maximum atomic E-state index is 8.76. The molecular formula is C14H16N4O. The third-order valence-electron chi connectivity index (χ3n) is 3.39. The quantitative estimate of drug-likeness (QED) is 0.908. The highest BCUT2D eigenvalue weighted by atomic mass is 16.5. The van der Waals surface area contributed by atoms with E-state index in [1.54, 1.807) is 24.3 Å². The van der Waals surface area contributed by atoms with E-state index >= 15 is 0 Å². The van der Waals surface area contributed by atoms with Gasteiger partial charge in [0.05, 0.1) is 17.2 Å². The van der Waals surface area contributed by atoms with E-state index in [0.29, 0.717) is 17.3 Å². The molecule has 2 rings (SSSR count). The minimum Gasteiger partial charge on any atom is -0.334 e. The van der Waals surface area contributed by atoms with Crippen LogP contribution in [-0.4, -0.2) is 10.1 Å². The van der Waals surface area contributed by atoms with Gasteiger partial charge in [0.25, 0.3) is 5.89 Å². The maximum Gasteiger partial charge on any atom is 0.257 e. The van der Waals surface area contributed by atoms with Gasteiger partial charge in [-0.15, -0.1) is 0 Å². The van der Waals surface area contributed by atoms with E-state index in [0.717, 1.165) is 18.4 Å². The zero-order chi connectivity index (χ0) is 13.9. The number of hydrogen-bond donors (Lipinski definition) is 1. The van der Waals surface area contributed by atoms with Crippen LogP contribution in [0.25, 0.3) is 11.5 Å². The fourth-order valence-electron chi connectivity index (χ4n) is 1.80. The van der Waals surface area contributed by atoms with Gasteiger partial charge in [0.15, 0.2) is 5.82 Å². The average molecular weight is 256 g/mol. The molecule has 98 valence electrons. The van der Waals surface area contributed by atoms with Gasteiger partial charge in [0, 0.05) is 5.56 Å². The second-order valence-electron chi connectivity index (χ2n) is 4.48. The monoisotopic (exact) mass is 256 g/mol. The van der Waals surface area contributed by atoms with E-state index in [9.17, 15) is 0 Å². The molecule has 2 N–H and O–H groups in total. The molecule has 5 nitrogen and oxygen atoms in total. The van der Waals surface area contributed by atoms with Crippen LogP contribution in [0.1, 0.15) is 38.1 Å². The number of nitrogens with zero attached hydrogens (tertiary/aromatic N) is 3. The summed E-state index contributed by atoms with van der Waals surface area (Å²) in [6, 6.07) is 9.07. The molecule has 0 aliphatic rings. The standard InChI is InChI=1S/C14H16N4O/c1-3-14(16,4-2)13-17-12(19-18-13)11-7-5-10(9-15)6-8-11/h5-8H,3-4,16H2,1-2H3. The topological polar surface area (TPSA) is 88.7 Å². The molecule has 0 aliphatic heterocycles. The summed E-state index contributed by atoms with van der Waals surface area (Å²) in [5.41, 5.74) is 7.06. The molecule has 0 atom stereocenters. The number of benzene rings is 1. The predicted molar refractivity (Wildman–Crippen MR) is 70.9 cm³/mol. The molecule has 0 bridgehead atoms. The van der Waals surface area contributed by atoms with E-state index in [1.807, 2.05) is 13.8 Å². The zero-order valence-corrected chi connectivity index (χ0v) is 11.1. The van der Waals surface area contributed by atoms with Gasteiger partial charge in [-0.1, -0.05) is 19.0 Å². The summed E-state index contributed by atoms with van der Waals surface area (Å²) in [5.74, 6) is 0.952. The Labute approximate surface area is 112 Å². The second kappa shape index (κ2) is 5.21. The van der Waals surface area contributed by atoms with Crippen molar-refractivity contribution < 1.29 is 4.52 Å². The molecule has 0 aliphatic carbocycles. The highest BCUT2D eigenvalue weighted by molar-refractivity contribution is 5.54. The molecule has 0 unspecified atom stereocenters. The third-order valence-corrected chi connectivity index (χ3v) is 3.39. The summed E-state index contributed by atoms with van der Waals surface area (Å²) in [5, 5.41) is 12.7.